The molecule has 0 radical (unpaired) electrons. The number of hydrogen-bond donors (Lipinski definition) is 2. The van der Waals surface area contributed by atoms with Crippen molar-refractivity contribution in [1.29, 1.82) is 0 Å². The van der Waals surface area contributed by atoms with Crippen molar-refractivity contribution in [3.05, 3.63) is 59.3 Å². The second kappa shape index (κ2) is 6.60. The highest BCUT2D eigenvalue weighted by molar-refractivity contribution is 6.07. The number of hydrogen-bond acceptors (Lipinski definition) is 3. The zero-order valence-electron chi connectivity index (χ0n) is 11.6. The van der Waals surface area contributed by atoms with Crippen LogP contribution < -0.4 is 10.6 Å². The summed E-state index contributed by atoms with van der Waals surface area (Å²) >= 11 is 0. The molecular formula is C14H8F5N3O2. The van der Waals surface area contributed by atoms with E-state index >= 15 is 0 Å². The van der Waals surface area contributed by atoms with Gasteiger partial charge in [-0.2, -0.15) is 13.2 Å². The molecule has 0 fully saturated rings. The molecule has 0 bridgehead atoms. The number of aromatic nitrogens is 1. The van der Waals surface area contributed by atoms with Gasteiger partial charge in [0.1, 0.15) is 5.82 Å². The van der Waals surface area contributed by atoms with E-state index in [-0.39, 0.29) is 5.82 Å². The third-order valence-corrected chi connectivity index (χ3v) is 2.76. The summed E-state index contributed by atoms with van der Waals surface area (Å²) in [5, 5.41) is 3.69. The van der Waals surface area contributed by atoms with Gasteiger partial charge in [-0.15, -0.1) is 0 Å². The molecule has 24 heavy (non-hydrogen) atoms. The maximum atomic E-state index is 13.4. The molecule has 0 aliphatic heterocycles. The van der Waals surface area contributed by atoms with Gasteiger partial charge in [0.25, 0.3) is 5.91 Å². The monoisotopic (exact) mass is 345 g/mol. The fourth-order valence-corrected chi connectivity index (χ4v) is 1.63. The maximum absolute atomic E-state index is 13.4. The quantitative estimate of drug-likeness (QED) is 0.820. The zero-order valence-corrected chi connectivity index (χ0v) is 11.6. The van der Waals surface area contributed by atoms with E-state index < -0.39 is 40.9 Å². The van der Waals surface area contributed by atoms with E-state index in [4.69, 9.17) is 0 Å². The summed E-state index contributed by atoms with van der Waals surface area (Å²) in [6.45, 7) is 0. The number of alkyl halides is 3. The molecule has 1 aromatic heterocycles. The van der Waals surface area contributed by atoms with Gasteiger partial charge in [-0.05, 0) is 24.3 Å². The molecule has 2 aromatic rings. The van der Waals surface area contributed by atoms with Crippen LogP contribution in [0.3, 0.4) is 0 Å². The average Bonchev–Trinajstić information content (AvgIpc) is 2.49. The number of urea groups is 1. The van der Waals surface area contributed by atoms with Crippen LogP contribution in [0.15, 0.2) is 36.5 Å². The molecule has 2 N–H and O–H groups in total. The summed E-state index contributed by atoms with van der Waals surface area (Å²) in [4.78, 5) is 26.6. The molecular weight excluding hydrogens is 337 g/mol. The fourth-order valence-electron chi connectivity index (χ4n) is 1.63. The van der Waals surface area contributed by atoms with Gasteiger partial charge in [-0.25, -0.2) is 18.6 Å². The van der Waals surface area contributed by atoms with E-state index in [1.807, 2.05) is 5.32 Å². The van der Waals surface area contributed by atoms with Crippen LogP contribution in [0.2, 0.25) is 0 Å². The Morgan fingerprint density at radius 3 is 2.33 bits per heavy atom. The summed E-state index contributed by atoms with van der Waals surface area (Å²) in [5.74, 6) is -4.20. The first kappa shape index (κ1) is 17.3. The highest BCUT2D eigenvalue weighted by Gasteiger charge is 2.30. The van der Waals surface area contributed by atoms with Gasteiger partial charge < -0.3 is 0 Å². The lowest BCUT2D eigenvalue weighted by Gasteiger charge is -2.09. The van der Waals surface area contributed by atoms with Crippen LogP contribution in [0.1, 0.15) is 15.9 Å². The van der Waals surface area contributed by atoms with Crippen molar-refractivity contribution in [3.63, 3.8) is 0 Å². The van der Waals surface area contributed by atoms with Gasteiger partial charge in [-0.3, -0.25) is 15.4 Å². The predicted octanol–water partition coefficient (Wildman–Crippen LogP) is 3.34. The topological polar surface area (TPSA) is 71.1 Å². The Kier molecular flexibility index (Phi) is 4.77. The first-order chi connectivity index (χ1) is 11.2. The Morgan fingerprint density at radius 2 is 1.75 bits per heavy atom. The van der Waals surface area contributed by atoms with Gasteiger partial charge in [0.05, 0.1) is 11.1 Å². The Bertz CT molecular complexity index is 775. The molecule has 0 spiro atoms. The molecule has 0 saturated heterocycles. The number of rotatable bonds is 2. The van der Waals surface area contributed by atoms with Crippen molar-refractivity contribution in [2.24, 2.45) is 0 Å². The van der Waals surface area contributed by atoms with Crippen molar-refractivity contribution < 1.29 is 31.5 Å². The summed E-state index contributed by atoms with van der Waals surface area (Å²) in [6, 6.07) is 3.20. The maximum Gasteiger partial charge on any atom is 0.417 e. The molecule has 10 heteroatoms. The van der Waals surface area contributed by atoms with Gasteiger partial charge >= 0.3 is 12.2 Å². The van der Waals surface area contributed by atoms with Crippen molar-refractivity contribution in [2.45, 2.75) is 6.18 Å². The summed E-state index contributed by atoms with van der Waals surface area (Å²) in [7, 11) is 0. The van der Waals surface area contributed by atoms with Crippen LogP contribution >= 0.6 is 0 Å². The smallest absolute Gasteiger partial charge is 0.292 e. The van der Waals surface area contributed by atoms with Crippen molar-refractivity contribution in [2.75, 3.05) is 5.32 Å². The molecule has 0 unspecified atom stereocenters. The third kappa shape index (κ3) is 4.03. The Labute approximate surface area is 131 Å². The van der Waals surface area contributed by atoms with Crippen LogP contribution in [-0.4, -0.2) is 16.9 Å². The van der Waals surface area contributed by atoms with E-state index in [0.717, 1.165) is 24.3 Å². The number of nitrogens with zero attached hydrogens (tertiary/aromatic N) is 1. The number of benzene rings is 1. The van der Waals surface area contributed by atoms with Gasteiger partial charge in [0, 0.05) is 6.20 Å². The molecule has 126 valence electrons. The van der Waals surface area contributed by atoms with E-state index in [1.165, 1.54) is 0 Å². The summed E-state index contributed by atoms with van der Waals surface area (Å²) in [6.07, 6.45) is -4.09. The Morgan fingerprint density at radius 1 is 1.04 bits per heavy atom. The van der Waals surface area contributed by atoms with Crippen LogP contribution in [0.25, 0.3) is 0 Å². The number of imide groups is 1. The predicted molar refractivity (Wildman–Crippen MR) is 72.1 cm³/mol. The lowest BCUT2D eigenvalue weighted by atomic mass is 10.2. The van der Waals surface area contributed by atoms with E-state index in [9.17, 15) is 31.5 Å². The molecule has 0 atom stereocenters. The zero-order chi connectivity index (χ0) is 17.9. The second-order valence-corrected chi connectivity index (χ2v) is 4.44. The first-order valence-electron chi connectivity index (χ1n) is 6.28. The summed E-state index contributed by atoms with van der Waals surface area (Å²) in [5.41, 5.74) is -1.73. The molecule has 0 saturated carbocycles. The normalized spacial score (nSPS) is 11.0. The molecule has 1 aromatic carbocycles. The van der Waals surface area contributed by atoms with E-state index in [2.05, 4.69) is 4.98 Å². The highest BCUT2D eigenvalue weighted by atomic mass is 19.4. The Hall–Kier alpha value is -3.04. The van der Waals surface area contributed by atoms with Crippen LogP contribution in [0.5, 0.6) is 0 Å². The number of carbonyl (C=O) groups excluding carboxylic acids is 2. The van der Waals surface area contributed by atoms with Crippen LogP contribution in [0, 0.1) is 11.6 Å². The van der Waals surface area contributed by atoms with Gasteiger partial charge in [0.2, 0.25) is 0 Å². The number of anilines is 1. The van der Waals surface area contributed by atoms with Crippen LogP contribution in [-0.2, 0) is 6.18 Å². The molecule has 3 amide bonds. The minimum atomic E-state index is -4.58. The second-order valence-electron chi connectivity index (χ2n) is 4.44. The lowest BCUT2D eigenvalue weighted by molar-refractivity contribution is -0.137. The number of amides is 3. The minimum absolute atomic E-state index is 0.270. The highest BCUT2D eigenvalue weighted by Crippen LogP contribution is 2.28. The fraction of sp³-hybridized carbons (Fsp3) is 0.0714. The largest absolute Gasteiger partial charge is 0.417 e. The van der Waals surface area contributed by atoms with Gasteiger partial charge in [-0.1, -0.05) is 6.07 Å². The average molecular weight is 345 g/mol. The van der Waals surface area contributed by atoms with Crippen molar-refractivity contribution in [3.8, 4) is 0 Å². The number of carbonyl (C=O) groups is 2. The molecule has 2 rings (SSSR count). The molecule has 5 nitrogen and oxygen atoms in total. The number of pyridine rings is 1. The number of halogens is 5. The minimum Gasteiger partial charge on any atom is -0.292 e. The first-order valence-corrected chi connectivity index (χ1v) is 6.28. The standard InChI is InChI=1S/C14H8F5N3O2/c15-9-3-1-2-8(11(9)16)12(23)22-13(24)21-10-5-4-7(6-20-10)14(17,18)19/h1-6H,(H2,20,21,22,23,24). The molecule has 0 aliphatic carbocycles. The van der Waals surface area contributed by atoms with Crippen molar-refractivity contribution >= 4 is 17.8 Å². The van der Waals surface area contributed by atoms with Crippen LogP contribution in [0.4, 0.5) is 32.6 Å². The summed E-state index contributed by atoms with van der Waals surface area (Å²) < 4.78 is 63.5. The molecule has 0 aliphatic rings. The number of nitrogens with one attached hydrogen (secondary N) is 2. The SMILES string of the molecule is O=C(NC(=O)c1cccc(F)c1F)Nc1ccc(C(F)(F)F)cn1. The van der Waals surface area contributed by atoms with E-state index in [1.54, 1.807) is 5.32 Å². The van der Waals surface area contributed by atoms with E-state index in [0.29, 0.717) is 12.3 Å². The lowest BCUT2D eigenvalue weighted by Crippen LogP contribution is -2.35. The Balaban J connectivity index is 2.03. The molecule has 1 heterocycles. The van der Waals surface area contributed by atoms with Gasteiger partial charge in [0.15, 0.2) is 11.6 Å². The third-order valence-electron chi connectivity index (χ3n) is 2.76. The van der Waals surface area contributed by atoms with Crippen molar-refractivity contribution in [1.82, 2.24) is 10.3 Å².